The quantitative estimate of drug-likeness (QED) is 0.720. The SMILES string of the molecule is O=C(/C=C/c1cccc(Br)c1)Nc1ccccc1NC(=O)C(F)(F)F. The van der Waals surface area contributed by atoms with E-state index in [2.05, 4.69) is 21.2 Å². The highest BCUT2D eigenvalue weighted by atomic mass is 79.9. The van der Waals surface area contributed by atoms with Crippen molar-refractivity contribution in [3.8, 4) is 0 Å². The summed E-state index contributed by atoms with van der Waals surface area (Å²) in [6, 6.07) is 12.8. The Bertz CT molecular complexity index is 820. The summed E-state index contributed by atoms with van der Waals surface area (Å²) in [5, 5.41) is 4.16. The first-order valence-corrected chi connectivity index (χ1v) is 7.77. The Morgan fingerprint density at radius 1 is 0.960 bits per heavy atom. The molecule has 130 valence electrons. The Labute approximate surface area is 149 Å². The summed E-state index contributed by atoms with van der Waals surface area (Å²) in [5.41, 5.74) is 0.682. The van der Waals surface area contributed by atoms with Crippen molar-refractivity contribution in [2.45, 2.75) is 6.18 Å². The van der Waals surface area contributed by atoms with E-state index in [-0.39, 0.29) is 11.4 Å². The van der Waals surface area contributed by atoms with Crippen molar-refractivity contribution in [2.24, 2.45) is 0 Å². The summed E-state index contributed by atoms with van der Waals surface area (Å²) in [6.45, 7) is 0. The van der Waals surface area contributed by atoms with Gasteiger partial charge in [0.1, 0.15) is 0 Å². The maximum atomic E-state index is 12.4. The third kappa shape index (κ3) is 5.75. The van der Waals surface area contributed by atoms with Crippen LogP contribution in [0.5, 0.6) is 0 Å². The Morgan fingerprint density at radius 2 is 1.60 bits per heavy atom. The van der Waals surface area contributed by atoms with Gasteiger partial charge in [-0.15, -0.1) is 0 Å². The number of amides is 2. The third-order valence-electron chi connectivity index (χ3n) is 2.97. The monoisotopic (exact) mass is 412 g/mol. The Balaban J connectivity index is 2.09. The van der Waals surface area contributed by atoms with Crippen molar-refractivity contribution in [3.63, 3.8) is 0 Å². The zero-order valence-electron chi connectivity index (χ0n) is 12.6. The van der Waals surface area contributed by atoms with Crippen LogP contribution < -0.4 is 10.6 Å². The lowest BCUT2D eigenvalue weighted by Gasteiger charge is -2.12. The van der Waals surface area contributed by atoms with Gasteiger partial charge in [0.15, 0.2) is 0 Å². The summed E-state index contributed by atoms with van der Waals surface area (Å²) in [7, 11) is 0. The number of para-hydroxylation sites is 2. The number of anilines is 2. The van der Waals surface area contributed by atoms with Crippen LogP contribution in [0.2, 0.25) is 0 Å². The summed E-state index contributed by atoms with van der Waals surface area (Å²) < 4.78 is 37.9. The minimum absolute atomic E-state index is 0.0593. The molecule has 2 N–H and O–H groups in total. The fourth-order valence-corrected chi connectivity index (χ4v) is 2.27. The molecule has 4 nitrogen and oxygen atoms in total. The number of hydrogen-bond acceptors (Lipinski definition) is 2. The van der Waals surface area contributed by atoms with Crippen LogP contribution in [0.3, 0.4) is 0 Å². The molecule has 0 saturated heterocycles. The Hall–Kier alpha value is -2.61. The summed E-state index contributed by atoms with van der Waals surface area (Å²) >= 11 is 3.30. The molecule has 0 bridgehead atoms. The number of carbonyl (C=O) groups excluding carboxylic acids is 2. The first-order chi connectivity index (χ1) is 11.8. The van der Waals surface area contributed by atoms with Crippen molar-refractivity contribution >= 4 is 45.2 Å². The zero-order chi connectivity index (χ0) is 18.4. The second-order valence-electron chi connectivity index (χ2n) is 4.88. The molecule has 0 radical (unpaired) electrons. The highest BCUT2D eigenvalue weighted by Gasteiger charge is 2.38. The lowest BCUT2D eigenvalue weighted by Crippen LogP contribution is -2.30. The average molecular weight is 413 g/mol. The zero-order valence-corrected chi connectivity index (χ0v) is 14.2. The molecule has 0 unspecified atom stereocenters. The van der Waals surface area contributed by atoms with Gasteiger partial charge in [-0.2, -0.15) is 13.2 Å². The first-order valence-electron chi connectivity index (χ1n) is 6.97. The van der Waals surface area contributed by atoms with E-state index in [0.29, 0.717) is 0 Å². The molecule has 0 heterocycles. The molecule has 0 aromatic heterocycles. The van der Waals surface area contributed by atoms with Gasteiger partial charge < -0.3 is 10.6 Å². The second-order valence-corrected chi connectivity index (χ2v) is 5.79. The van der Waals surface area contributed by atoms with Crippen molar-refractivity contribution in [1.82, 2.24) is 0 Å². The maximum absolute atomic E-state index is 12.4. The molecule has 2 aromatic rings. The van der Waals surface area contributed by atoms with Crippen LogP contribution >= 0.6 is 15.9 Å². The van der Waals surface area contributed by atoms with E-state index < -0.39 is 18.0 Å². The van der Waals surface area contributed by atoms with E-state index in [9.17, 15) is 22.8 Å². The maximum Gasteiger partial charge on any atom is 0.471 e. The topological polar surface area (TPSA) is 58.2 Å². The van der Waals surface area contributed by atoms with Crippen LogP contribution in [0.4, 0.5) is 24.5 Å². The van der Waals surface area contributed by atoms with E-state index in [1.807, 2.05) is 6.07 Å². The van der Waals surface area contributed by atoms with Crippen LogP contribution in [0.15, 0.2) is 59.1 Å². The predicted molar refractivity (Wildman–Crippen MR) is 92.9 cm³/mol. The normalized spacial score (nSPS) is 11.4. The number of alkyl halides is 3. The fraction of sp³-hybridized carbons (Fsp3) is 0.0588. The van der Waals surface area contributed by atoms with Crippen molar-refractivity contribution in [1.29, 1.82) is 0 Å². The van der Waals surface area contributed by atoms with Gasteiger partial charge in [0.05, 0.1) is 11.4 Å². The van der Waals surface area contributed by atoms with Crippen LogP contribution in [0.1, 0.15) is 5.56 Å². The Morgan fingerprint density at radius 3 is 2.20 bits per heavy atom. The van der Waals surface area contributed by atoms with Crippen LogP contribution in [-0.4, -0.2) is 18.0 Å². The van der Waals surface area contributed by atoms with Crippen LogP contribution in [0.25, 0.3) is 6.08 Å². The molecular weight excluding hydrogens is 401 g/mol. The van der Waals surface area contributed by atoms with E-state index in [4.69, 9.17) is 0 Å². The number of rotatable bonds is 4. The molecule has 0 aliphatic rings. The molecule has 2 aromatic carbocycles. The lowest BCUT2D eigenvalue weighted by molar-refractivity contribution is -0.167. The first kappa shape index (κ1) is 18.7. The number of carbonyl (C=O) groups is 2. The van der Waals surface area contributed by atoms with Crippen molar-refractivity contribution in [2.75, 3.05) is 10.6 Å². The molecule has 0 atom stereocenters. The van der Waals surface area contributed by atoms with Gasteiger partial charge >= 0.3 is 12.1 Å². The smallest absolute Gasteiger partial charge is 0.321 e. The van der Waals surface area contributed by atoms with Crippen molar-refractivity contribution < 1.29 is 22.8 Å². The molecule has 0 fully saturated rings. The van der Waals surface area contributed by atoms with Crippen LogP contribution in [0, 0.1) is 0 Å². The molecule has 0 spiro atoms. The van der Waals surface area contributed by atoms with Crippen LogP contribution in [-0.2, 0) is 9.59 Å². The van der Waals surface area contributed by atoms with E-state index in [0.717, 1.165) is 10.0 Å². The largest absolute Gasteiger partial charge is 0.471 e. The minimum Gasteiger partial charge on any atom is -0.321 e. The fourth-order valence-electron chi connectivity index (χ4n) is 1.85. The number of halogens is 4. The molecule has 0 aliphatic heterocycles. The van der Waals surface area contributed by atoms with Gasteiger partial charge in [-0.25, -0.2) is 0 Å². The van der Waals surface area contributed by atoms with E-state index in [1.165, 1.54) is 30.3 Å². The van der Waals surface area contributed by atoms with Crippen molar-refractivity contribution in [3.05, 3.63) is 64.6 Å². The summed E-state index contributed by atoms with van der Waals surface area (Å²) in [5.74, 6) is -2.66. The molecule has 0 aliphatic carbocycles. The summed E-state index contributed by atoms with van der Waals surface area (Å²) in [6.07, 6.45) is -2.22. The number of hydrogen-bond donors (Lipinski definition) is 2. The number of nitrogens with one attached hydrogen (secondary N) is 2. The summed E-state index contributed by atoms with van der Waals surface area (Å²) in [4.78, 5) is 23.0. The predicted octanol–water partition coefficient (Wildman–Crippen LogP) is 4.60. The van der Waals surface area contributed by atoms with E-state index in [1.54, 1.807) is 29.6 Å². The highest BCUT2D eigenvalue weighted by molar-refractivity contribution is 9.10. The van der Waals surface area contributed by atoms with Gasteiger partial charge in [0, 0.05) is 10.5 Å². The molecule has 0 saturated carbocycles. The van der Waals surface area contributed by atoms with E-state index >= 15 is 0 Å². The third-order valence-corrected chi connectivity index (χ3v) is 3.46. The average Bonchev–Trinajstić information content (AvgIpc) is 2.54. The molecule has 2 amide bonds. The number of benzene rings is 2. The standard InChI is InChI=1S/C17H12BrF3N2O2/c18-12-5-3-4-11(10-12)8-9-15(24)22-13-6-1-2-7-14(13)23-16(25)17(19,20)21/h1-10H,(H,22,24)(H,23,25)/b9-8+. The van der Waals surface area contributed by atoms with Gasteiger partial charge in [0.2, 0.25) is 5.91 Å². The molecule has 8 heteroatoms. The van der Waals surface area contributed by atoms with Gasteiger partial charge in [-0.05, 0) is 35.9 Å². The molecule has 2 rings (SSSR count). The Kier molecular flexibility index (Phi) is 5.97. The molecule has 25 heavy (non-hydrogen) atoms. The molecular formula is C17H12BrF3N2O2. The van der Waals surface area contributed by atoms with Gasteiger partial charge in [-0.1, -0.05) is 40.2 Å². The second kappa shape index (κ2) is 7.98. The lowest BCUT2D eigenvalue weighted by atomic mass is 10.2. The highest BCUT2D eigenvalue weighted by Crippen LogP contribution is 2.24. The van der Waals surface area contributed by atoms with Gasteiger partial charge in [0.25, 0.3) is 0 Å². The van der Waals surface area contributed by atoms with Gasteiger partial charge in [-0.3, -0.25) is 9.59 Å². The minimum atomic E-state index is -5.02.